The highest BCUT2D eigenvalue weighted by Gasteiger charge is 2.28. The molecule has 0 spiro atoms. The Balaban J connectivity index is 1.50. The monoisotopic (exact) mass is 378 g/mol. The zero-order valence-electron chi connectivity index (χ0n) is 16.1. The number of aryl methyl sites for hydroxylation is 2. The molecule has 28 heavy (non-hydrogen) atoms. The molecule has 0 unspecified atom stereocenters. The Bertz CT molecular complexity index is 1030. The number of benzene rings is 1. The first-order valence-electron chi connectivity index (χ1n) is 9.68. The van der Waals surface area contributed by atoms with Crippen LogP contribution in [-0.4, -0.2) is 28.5 Å². The summed E-state index contributed by atoms with van der Waals surface area (Å²) in [6.45, 7) is 5.95. The quantitative estimate of drug-likeness (QED) is 0.685. The average molecular weight is 378 g/mol. The maximum Gasteiger partial charge on any atom is 0.231 e. The molecule has 5 rings (SSSR count). The summed E-state index contributed by atoms with van der Waals surface area (Å²) in [5, 5.41) is 4.37. The number of ether oxygens (including phenoxy) is 2. The van der Waals surface area contributed by atoms with Gasteiger partial charge in [0.2, 0.25) is 6.79 Å². The smallest absolute Gasteiger partial charge is 0.231 e. The summed E-state index contributed by atoms with van der Waals surface area (Å²) in [5.74, 6) is 4.29. The molecule has 7 nitrogen and oxygen atoms in total. The topological polar surface area (TPSA) is 73.5 Å². The Morgan fingerprint density at radius 3 is 2.96 bits per heavy atom. The minimum atomic E-state index is 0.261. The van der Waals surface area contributed by atoms with Crippen molar-refractivity contribution in [3.63, 3.8) is 0 Å². The molecule has 0 radical (unpaired) electrons. The number of nitrogens with zero attached hydrogens (tertiary/aromatic N) is 4. The van der Waals surface area contributed by atoms with Crippen LogP contribution in [0.25, 0.3) is 11.3 Å². The molecule has 3 aromatic rings. The van der Waals surface area contributed by atoms with Crippen LogP contribution in [-0.2, 0) is 19.4 Å². The Kier molecular flexibility index (Phi) is 4.15. The number of anilines is 1. The van der Waals surface area contributed by atoms with E-state index in [2.05, 4.69) is 22.0 Å². The molecule has 0 atom stereocenters. The van der Waals surface area contributed by atoms with Crippen molar-refractivity contribution in [3.8, 4) is 22.8 Å². The Morgan fingerprint density at radius 1 is 1.18 bits per heavy atom. The van der Waals surface area contributed by atoms with Crippen LogP contribution in [0.2, 0.25) is 0 Å². The Labute approximate surface area is 163 Å². The fourth-order valence-corrected chi connectivity index (χ4v) is 3.86. The van der Waals surface area contributed by atoms with Crippen LogP contribution in [0.3, 0.4) is 0 Å². The van der Waals surface area contributed by atoms with Gasteiger partial charge in [-0.15, -0.1) is 0 Å². The lowest BCUT2D eigenvalue weighted by molar-refractivity contribution is 0.174. The highest BCUT2D eigenvalue weighted by molar-refractivity contribution is 5.68. The van der Waals surface area contributed by atoms with Gasteiger partial charge in [0.05, 0.1) is 6.54 Å². The molecule has 0 aliphatic carbocycles. The number of aromatic nitrogens is 3. The van der Waals surface area contributed by atoms with E-state index in [1.807, 2.05) is 31.3 Å². The van der Waals surface area contributed by atoms with Crippen LogP contribution < -0.4 is 14.4 Å². The molecule has 0 saturated heterocycles. The standard InChI is InChI=1S/C21H22N4O3/c1-3-4-15-10-22-13(2)23-21(15)25-8-7-17-16(11-25)20(24-28-17)14-5-6-18-19(9-14)27-12-26-18/h5-6,9-10H,3-4,7-8,11-12H2,1-2H3. The van der Waals surface area contributed by atoms with E-state index in [9.17, 15) is 0 Å². The SMILES string of the molecule is CCCc1cnc(C)nc1N1CCc2onc(-c3ccc4c(c3)OCO4)c2C1. The van der Waals surface area contributed by atoms with Gasteiger partial charge in [-0.25, -0.2) is 9.97 Å². The molecule has 2 aliphatic heterocycles. The van der Waals surface area contributed by atoms with Crippen molar-refractivity contribution in [1.29, 1.82) is 0 Å². The van der Waals surface area contributed by atoms with Crippen molar-refractivity contribution in [2.45, 2.75) is 39.7 Å². The van der Waals surface area contributed by atoms with Crippen LogP contribution in [0.5, 0.6) is 11.5 Å². The van der Waals surface area contributed by atoms with Gasteiger partial charge in [-0.2, -0.15) is 0 Å². The van der Waals surface area contributed by atoms with E-state index in [-0.39, 0.29) is 6.79 Å². The van der Waals surface area contributed by atoms with Gasteiger partial charge in [0, 0.05) is 35.9 Å². The van der Waals surface area contributed by atoms with E-state index >= 15 is 0 Å². The molecule has 144 valence electrons. The second-order valence-corrected chi connectivity index (χ2v) is 7.19. The van der Waals surface area contributed by atoms with Crippen molar-refractivity contribution >= 4 is 5.82 Å². The minimum absolute atomic E-state index is 0.261. The van der Waals surface area contributed by atoms with Gasteiger partial charge in [-0.05, 0) is 31.5 Å². The van der Waals surface area contributed by atoms with Gasteiger partial charge in [0.15, 0.2) is 11.5 Å². The first-order chi connectivity index (χ1) is 13.7. The molecule has 7 heteroatoms. The summed E-state index contributed by atoms with van der Waals surface area (Å²) in [6.07, 6.45) is 4.80. The normalized spacial score (nSPS) is 15.0. The van der Waals surface area contributed by atoms with Gasteiger partial charge in [-0.1, -0.05) is 18.5 Å². The van der Waals surface area contributed by atoms with Crippen LogP contribution in [0.1, 0.15) is 36.1 Å². The first-order valence-corrected chi connectivity index (χ1v) is 9.68. The second kappa shape index (κ2) is 6.82. The molecule has 0 amide bonds. The van der Waals surface area contributed by atoms with E-state index < -0.39 is 0 Å². The van der Waals surface area contributed by atoms with Gasteiger partial charge in [-0.3, -0.25) is 0 Å². The third-order valence-corrected chi connectivity index (χ3v) is 5.25. The van der Waals surface area contributed by atoms with E-state index in [4.69, 9.17) is 19.0 Å². The number of hydrogen-bond donors (Lipinski definition) is 0. The second-order valence-electron chi connectivity index (χ2n) is 7.19. The maximum absolute atomic E-state index is 5.67. The summed E-state index contributed by atoms with van der Waals surface area (Å²) in [5.41, 5.74) is 4.14. The van der Waals surface area contributed by atoms with Crippen LogP contribution in [0.4, 0.5) is 5.82 Å². The van der Waals surface area contributed by atoms with E-state index in [1.165, 1.54) is 5.56 Å². The Hall–Kier alpha value is -3.09. The number of fused-ring (bicyclic) bond motifs is 2. The van der Waals surface area contributed by atoms with Gasteiger partial charge in [0.25, 0.3) is 0 Å². The van der Waals surface area contributed by atoms with Crippen LogP contribution >= 0.6 is 0 Å². The molecule has 0 N–H and O–H groups in total. The van der Waals surface area contributed by atoms with Crippen LogP contribution in [0, 0.1) is 6.92 Å². The van der Waals surface area contributed by atoms with E-state index in [0.29, 0.717) is 0 Å². The molecule has 0 bridgehead atoms. The molecule has 2 aliphatic rings. The van der Waals surface area contributed by atoms with Crippen molar-refractivity contribution in [3.05, 3.63) is 47.1 Å². The Morgan fingerprint density at radius 2 is 2.07 bits per heavy atom. The molecule has 0 saturated carbocycles. The highest BCUT2D eigenvalue weighted by Crippen LogP contribution is 2.38. The van der Waals surface area contributed by atoms with Crippen molar-refractivity contribution in [1.82, 2.24) is 15.1 Å². The highest BCUT2D eigenvalue weighted by atomic mass is 16.7. The van der Waals surface area contributed by atoms with Crippen molar-refractivity contribution < 1.29 is 14.0 Å². The summed E-state index contributed by atoms with van der Waals surface area (Å²) < 4.78 is 16.6. The zero-order chi connectivity index (χ0) is 19.1. The fraction of sp³-hybridized carbons (Fsp3) is 0.381. The molecular weight excluding hydrogens is 356 g/mol. The lowest BCUT2D eigenvalue weighted by atomic mass is 10.0. The van der Waals surface area contributed by atoms with Gasteiger partial charge >= 0.3 is 0 Å². The third kappa shape index (κ3) is 2.87. The third-order valence-electron chi connectivity index (χ3n) is 5.25. The van der Waals surface area contributed by atoms with Crippen molar-refractivity contribution in [2.75, 3.05) is 18.2 Å². The summed E-state index contributed by atoms with van der Waals surface area (Å²) in [4.78, 5) is 11.5. The number of hydrogen-bond acceptors (Lipinski definition) is 7. The van der Waals surface area contributed by atoms with Crippen LogP contribution in [0.15, 0.2) is 28.9 Å². The molecule has 4 heterocycles. The maximum atomic E-state index is 5.67. The largest absolute Gasteiger partial charge is 0.454 e. The first kappa shape index (κ1) is 17.0. The average Bonchev–Trinajstić information content (AvgIpc) is 3.35. The molecule has 1 aromatic carbocycles. The molecule has 0 fully saturated rings. The zero-order valence-corrected chi connectivity index (χ0v) is 16.1. The lowest BCUT2D eigenvalue weighted by Gasteiger charge is -2.29. The predicted octanol–water partition coefficient (Wildman–Crippen LogP) is 3.68. The fourth-order valence-electron chi connectivity index (χ4n) is 3.86. The van der Waals surface area contributed by atoms with Crippen molar-refractivity contribution in [2.24, 2.45) is 0 Å². The van der Waals surface area contributed by atoms with E-state index in [0.717, 1.165) is 78.1 Å². The number of rotatable bonds is 4. The lowest BCUT2D eigenvalue weighted by Crippen LogP contribution is -2.31. The van der Waals surface area contributed by atoms with Gasteiger partial charge in [0.1, 0.15) is 23.1 Å². The van der Waals surface area contributed by atoms with E-state index in [1.54, 1.807) is 0 Å². The minimum Gasteiger partial charge on any atom is -0.454 e. The summed E-state index contributed by atoms with van der Waals surface area (Å²) in [7, 11) is 0. The summed E-state index contributed by atoms with van der Waals surface area (Å²) >= 11 is 0. The van der Waals surface area contributed by atoms with Gasteiger partial charge < -0.3 is 18.9 Å². The molecular formula is C21H22N4O3. The molecule has 2 aromatic heterocycles. The summed E-state index contributed by atoms with van der Waals surface area (Å²) in [6, 6.07) is 5.89. The predicted molar refractivity (Wildman–Crippen MR) is 104 cm³/mol.